The molecule has 1 aromatic carbocycles. The zero-order valence-corrected chi connectivity index (χ0v) is 15.7. The van der Waals surface area contributed by atoms with Crippen LogP contribution in [0.5, 0.6) is 5.75 Å². The molecule has 134 valence electrons. The SMILES string of the molecule is C=CCSCCNC(=NC)NCc1ccc(C)cc1OCCOC. The number of thioether (sulfide) groups is 1. The van der Waals surface area contributed by atoms with Gasteiger partial charge in [-0.3, -0.25) is 4.99 Å². The quantitative estimate of drug-likeness (QED) is 0.278. The third-order valence-corrected chi connectivity index (χ3v) is 4.18. The van der Waals surface area contributed by atoms with Crippen molar-refractivity contribution in [3.63, 3.8) is 0 Å². The maximum Gasteiger partial charge on any atom is 0.191 e. The molecular formula is C18H29N3O2S. The van der Waals surface area contributed by atoms with E-state index in [0.29, 0.717) is 19.8 Å². The van der Waals surface area contributed by atoms with E-state index in [4.69, 9.17) is 9.47 Å². The molecule has 0 spiro atoms. The summed E-state index contributed by atoms with van der Waals surface area (Å²) >= 11 is 1.84. The molecule has 0 saturated heterocycles. The average Bonchev–Trinajstić information content (AvgIpc) is 2.59. The van der Waals surface area contributed by atoms with E-state index in [1.54, 1.807) is 14.2 Å². The largest absolute Gasteiger partial charge is 0.491 e. The summed E-state index contributed by atoms with van der Waals surface area (Å²) in [5.41, 5.74) is 2.27. The molecule has 0 fully saturated rings. The molecule has 0 saturated carbocycles. The van der Waals surface area contributed by atoms with Gasteiger partial charge in [-0.05, 0) is 18.6 Å². The molecule has 0 aromatic heterocycles. The van der Waals surface area contributed by atoms with E-state index in [1.165, 1.54) is 5.56 Å². The van der Waals surface area contributed by atoms with Gasteiger partial charge in [0.05, 0.1) is 6.61 Å². The summed E-state index contributed by atoms with van der Waals surface area (Å²) in [4.78, 5) is 4.25. The highest BCUT2D eigenvalue weighted by Crippen LogP contribution is 2.20. The number of benzene rings is 1. The second kappa shape index (κ2) is 12.7. The topological polar surface area (TPSA) is 54.9 Å². The van der Waals surface area contributed by atoms with Crippen LogP contribution in [0.3, 0.4) is 0 Å². The number of nitrogens with one attached hydrogen (secondary N) is 2. The summed E-state index contributed by atoms with van der Waals surface area (Å²) in [6.45, 7) is 8.41. The normalized spacial score (nSPS) is 11.2. The van der Waals surface area contributed by atoms with Crippen molar-refractivity contribution in [2.45, 2.75) is 13.5 Å². The lowest BCUT2D eigenvalue weighted by molar-refractivity contribution is 0.145. The standard InChI is InChI=1S/C18H29N3O2S/c1-5-11-24-12-8-20-18(19-3)21-14-16-7-6-15(2)13-17(16)23-10-9-22-4/h5-7,13H,1,8-12,14H2,2-4H3,(H2,19,20,21). The maximum absolute atomic E-state index is 5.81. The second-order valence-electron chi connectivity index (χ2n) is 5.17. The minimum Gasteiger partial charge on any atom is -0.491 e. The van der Waals surface area contributed by atoms with Crippen LogP contribution >= 0.6 is 11.8 Å². The lowest BCUT2D eigenvalue weighted by Crippen LogP contribution is -2.38. The highest BCUT2D eigenvalue weighted by Gasteiger charge is 2.06. The molecule has 24 heavy (non-hydrogen) atoms. The van der Waals surface area contributed by atoms with Crippen molar-refractivity contribution in [3.05, 3.63) is 42.0 Å². The van der Waals surface area contributed by atoms with Gasteiger partial charge < -0.3 is 20.1 Å². The highest BCUT2D eigenvalue weighted by molar-refractivity contribution is 7.99. The number of ether oxygens (including phenoxy) is 2. The van der Waals surface area contributed by atoms with Crippen molar-refractivity contribution in [1.29, 1.82) is 0 Å². The number of methoxy groups -OCH3 is 1. The zero-order chi connectivity index (χ0) is 17.6. The Kier molecular flexibility index (Phi) is 10.8. The van der Waals surface area contributed by atoms with Gasteiger partial charge in [0.15, 0.2) is 5.96 Å². The van der Waals surface area contributed by atoms with Gasteiger partial charge in [0, 0.05) is 44.3 Å². The van der Waals surface area contributed by atoms with E-state index in [0.717, 1.165) is 35.3 Å². The minimum atomic E-state index is 0.542. The van der Waals surface area contributed by atoms with Crippen molar-refractivity contribution in [2.24, 2.45) is 4.99 Å². The molecule has 6 heteroatoms. The molecule has 0 aliphatic heterocycles. The molecule has 0 heterocycles. The van der Waals surface area contributed by atoms with Crippen LogP contribution in [0.25, 0.3) is 0 Å². The smallest absolute Gasteiger partial charge is 0.191 e. The van der Waals surface area contributed by atoms with Gasteiger partial charge in [0.2, 0.25) is 0 Å². The van der Waals surface area contributed by atoms with Crippen LogP contribution in [0.15, 0.2) is 35.8 Å². The first-order chi connectivity index (χ1) is 11.7. The monoisotopic (exact) mass is 351 g/mol. The van der Waals surface area contributed by atoms with E-state index in [-0.39, 0.29) is 0 Å². The third-order valence-electron chi connectivity index (χ3n) is 3.21. The molecule has 2 N–H and O–H groups in total. The number of rotatable bonds is 11. The van der Waals surface area contributed by atoms with Gasteiger partial charge in [0.1, 0.15) is 12.4 Å². The van der Waals surface area contributed by atoms with Crippen molar-refractivity contribution in [3.8, 4) is 5.75 Å². The number of hydrogen-bond acceptors (Lipinski definition) is 4. The van der Waals surface area contributed by atoms with Gasteiger partial charge in [-0.1, -0.05) is 18.2 Å². The van der Waals surface area contributed by atoms with Crippen LogP contribution in [-0.4, -0.2) is 51.4 Å². The molecule has 0 aliphatic rings. The number of guanidine groups is 1. The Morgan fingerprint density at radius 1 is 1.33 bits per heavy atom. The third kappa shape index (κ3) is 8.26. The van der Waals surface area contributed by atoms with E-state index >= 15 is 0 Å². The molecule has 5 nitrogen and oxygen atoms in total. The van der Waals surface area contributed by atoms with Gasteiger partial charge in [-0.2, -0.15) is 11.8 Å². The van der Waals surface area contributed by atoms with Crippen molar-refractivity contribution in [1.82, 2.24) is 10.6 Å². The fourth-order valence-electron chi connectivity index (χ4n) is 1.98. The summed E-state index contributed by atoms with van der Waals surface area (Å²) in [6.07, 6.45) is 1.92. The summed E-state index contributed by atoms with van der Waals surface area (Å²) in [7, 11) is 3.45. The summed E-state index contributed by atoms with van der Waals surface area (Å²) in [5, 5.41) is 6.63. The van der Waals surface area contributed by atoms with Gasteiger partial charge >= 0.3 is 0 Å². The molecule has 0 radical (unpaired) electrons. The first-order valence-corrected chi connectivity index (χ1v) is 9.21. The molecule has 0 amide bonds. The van der Waals surface area contributed by atoms with E-state index in [2.05, 4.69) is 47.3 Å². The Morgan fingerprint density at radius 3 is 2.88 bits per heavy atom. The molecule has 1 aromatic rings. The molecule has 1 rings (SSSR count). The average molecular weight is 352 g/mol. The Bertz CT molecular complexity index is 521. The highest BCUT2D eigenvalue weighted by atomic mass is 32.2. The molecule has 0 bridgehead atoms. The van der Waals surface area contributed by atoms with Crippen molar-refractivity contribution < 1.29 is 9.47 Å². The van der Waals surface area contributed by atoms with Crippen molar-refractivity contribution >= 4 is 17.7 Å². The summed E-state index contributed by atoms with van der Waals surface area (Å²) in [6, 6.07) is 6.22. The first kappa shape index (κ1) is 20.4. The van der Waals surface area contributed by atoms with Crippen LogP contribution in [0, 0.1) is 6.92 Å². The number of hydrogen-bond donors (Lipinski definition) is 2. The summed E-state index contributed by atoms with van der Waals surface area (Å²) in [5.74, 6) is 3.66. The van der Waals surface area contributed by atoms with Gasteiger partial charge in [0.25, 0.3) is 0 Å². The van der Waals surface area contributed by atoms with Crippen LogP contribution in [-0.2, 0) is 11.3 Å². The second-order valence-corrected chi connectivity index (χ2v) is 6.32. The zero-order valence-electron chi connectivity index (χ0n) is 14.9. The Balaban J connectivity index is 2.50. The molecule has 0 unspecified atom stereocenters. The lowest BCUT2D eigenvalue weighted by Gasteiger charge is -2.15. The fraction of sp³-hybridized carbons (Fsp3) is 0.500. The fourth-order valence-corrected chi connectivity index (χ4v) is 2.56. The molecule has 0 aliphatic carbocycles. The Morgan fingerprint density at radius 2 is 2.17 bits per heavy atom. The number of aliphatic imine (C=N–C) groups is 1. The first-order valence-electron chi connectivity index (χ1n) is 8.05. The Hall–Kier alpha value is -1.66. The number of aryl methyl sites for hydroxylation is 1. The van der Waals surface area contributed by atoms with Crippen LogP contribution in [0.4, 0.5) is 0 Å². The van der Waals surface area contributed by atoms with Crippen molar-refractivity contribution in [2.75, 3.05) is 45.4 Å². The predicted octanol–water partition coefficient (Wildman–Crippen LogP) is 2.60. The lowest BCUT2D eigenvalue weighted by atomic mass is 10.1. The van der Waals surface area contributed by atoms with Gasteiger partial charge in [-0.25, -0.2) is 0 Å². The van der Waals surface area contributed by atoms with Crippen LogP contribution in [0.1, 0.15) is 11.1 Å². The summed E-state index contributed by atoms with van der Waals surface area (Å²) < 4.78 is 10.9. The van der Waals surface area contributed by atoms with E-state index in [1.807, 2.05) is 17.8 Å². The van der Waals surface area contributed by atoms with E-state index in [9.17, 15) is 0 Å². The van der Waals surface area contributed by atoms with Gasteiger partial charge in [-0.15, -0.1) is 6.58 Å². The maximum atomic E-state index is 5.81. The number of nitrogens with zero attached hydrogens (tertiary/aromatic N) is 1. The van der Waals surface area contributed by atoms with Crippen LogP contribution < -0.4 is 15.4 Å². The molecule has 0 atom stereocenters. The minimum absolute atomic E-state index is 0.542. The Labute approximate surface area is 149 Å². The molecular weight excluding hydrogens is 322 g/mol. The predicted molar refractivity (Wildman–Crippen MR) is 104 cm³/mol. The van der Waals surface area contributed by atoms with Crippen LogP contribution in [0.2, 0.25) is 0 Å². The van der Waals surface area contributed by atoms with E-state index < -0.39 is 0 Å².